The second-order valence-electron chi connectivity index (χ2n) is 6.83. The first kappa shape index (κ1) is 21.4. The minimum absolute atomic E-state index is 0.350. The summed E-state index contributed by atoms with van der Waals surface area (Å²) in [5, 5.41) is 5.47. The van der Waals surface area contributed by atoms with E-state index >= 15 is 0 Å². The van der Waals surface area contributed by atoms with Crippen LogP contribution in [-0.4, -0.2) is 20.6 Å². The molecule has 2 heterocycles. The van der Waals surface area contributed by atoms with Crippen LogP contribution in [0.15, 0.2) is 102 Å². The number of pyridine rings is 2. The van der Waals surface area contributed by atoms with Crippen molar-refractivity contribution in [2.75, 3.05) is 10.0 Å². The van der Waals surface area contributed by atoms with Crippen LogP contribution in [-0.2, 0) is 17.9 Å². The van der Waals surface area contributed by atoms with Crippen LogP contribution in [0.5, 0.6) is 0 Å². The molecule has 0 aliphatic carbocycles. The first-order chi connectivity index (χ1) is 15.7. The molecule has 0 radical (unpaired) electrons. The van der Waals surface area contributed by atoms with Crippen molar-refractivity contribution in [2.24, 2.45) is 0 Å². The quantitative estimate of drug-likeness (QED) is 0.362. The molecular formula is C24H21N5O2S. The Morgan fingerprint density at radius 3 is 2.47 bits per heavy atom. The number of urea groups is 1. The second kappa shape index (κ2) is 10.4. The number of anilines is 2. The molecule has 0 fully saturated rings. The van der Waals surface area contributed by atoms with Gasteiger partial charge in [-0.25, -0.2) is 9.78 Å². The Morgan fingerprint density at radius 2 is 1.72 bits per heavy atom. The number of nitrogens with one attached hydrogen (secondary N) is 3. The summed E-state index contributed by atoms with van der Waals surface area (Å²) in [4.78, 5) is 21.0. The number of aromatic nitrogens is 2. The smallest absolute Gasteiger partial charge is 0.319 e. The molecule has 2 aromatic carbocycles. The summed E-state index contributed by atoms with van der Waals surface area (Å²) < 4.78 is 15.9. The number of carbonyl (C=O) groups is 1. The molecule has 4 aromatic rings. The van der Waals surface area contributed by atoms with Gasteiger partial charge in [0.05, 0.1) is 11.9 Å². The number of benzene rings is 2. The van der Waals surface area contributed by atoms with Gasteiger partial charge in [0.25, 0.3) is 0 Å². The molecule has 0 aliphatic rings. The molecule has 160 valence electrons. The van der Waals surface area contributed by atoms with Crippen molar-refractivity contribution in [3.05, 3.63) is 103 Å². The van der Waals surface area contributed by atoms with E-state index < -0.39 is 11.4 Å². The third-order valence-corrected chi connectivity index (χ3v) is 5.72. The lowest BCUT2D eigenvalue weighted by Gasteiger charge is -2.14. The van der Waals surface area contributed by atoms with Crippen molar-refractivity contribution >= 4 is 28.9 Å². The average Bonchev–Trinajstić information content (AvgIpc) is 2.85. The molecule has 0 bridgehead atoms. The predicted octanol–water partition coefficient (Wildman–Crippen LogP) is 4.60. The molecule has 4 rings (SSSR count). The highest BCUT2D eigenvalue weighted by atomic mass is 32.2. The highest BCUT2D eigenvalue weighted by Crippen LogP contribution is 2.28. The van der Waals surface area contributed by atoms with Crippen molar-refractivity contribution in [2.45, 2.75) is 11.4 Å². The Kier molecular flexibility index (Phi) is 6.96. The van der Waals surface area contributed by atoms with E-state index in [1.807, 2.05) is 66.7 Å². The molecule has 1 unspecified atom stereocenters. The van der Waals surface area contributed by atoms with E-state index in [1.54, 1.807) is 24.5 Å². The van der Waals surface area contributed by atoms with E-state index in [0.717, 1.165) is 16.7 Å². The van der Waals surface area contributed by atoms with Gasteiger partial charge >= 0.3 is 6.03 Å². The van der Waals surface area contributed by atoms with Crippen LogP contribution < -0.4 is 15.4 Å². The zero-order valence-electron chi connectivity index (χ0n) is 17.1. The lowest BCUT2D eigenvalue weighted by molar-refractivity contribution is 0.251. The van der Waals surface area contributed by atoms with E-state index in [4.69, 9.17) is 0 Å². The summed E-state index contributed by atoms with van der Waals surface area (Å²) in [5.74, 6) is 0.438. The zero-order chi connectivity index (χ0) is 22.2. The van der Waals surface area contributed by atoms with Gasteiger partial charge < -0.3 is 15.2 Å². The van der Waals surface area contributed by atoms with Crippen molar-refractivity contribution in [1.29, 1.82) is 0 Å². The van der Waals surface area contributed by atoms with Crippen molar-refractivity contribution in [3.63, 3.8) is 0 Å². The lowest BCUT2D eigenvalue weighted by Crippen LogP contribution is -2.28. The molecule has 0 aliphatic heterocycles. The van der Waals surface area contributed by atoms with Crippen molar-refractivity contribution in [1.82, 2.24) is 15.3 Å². The van der Waals surface area contributed by atoms with E-state index in [9.17, 15) is 9.35 Å². The zero-order valence-corrected chi connectivity index (χ0v) is 17.9. The van der Waals surface area contributed by atoms with Crippen LogP contribution in [0.2, 0.25) is 0 Å². The molecule has 8 heteroatoms. The second-order valence-corrected chi connectivity index (χ2v) is 8.02. The Bertz CT molecular complexity index is 1160. The number of carbonyl (C=O) groups excluding carboxylic acids is 1. The van der Waals surface area contributed by atoms with Crippen molar-refractivity contribution in [3.8, 4) is 11.1 Å². The summed E-state index contributed by atoms with van der Waals surface area (Å²) in [6.45, 7) is 0.368. The molecule has 0 saturated carbocycles. The molecule has 2 amide bonds. The topological polar surface area (TPSA) is 102 Å². The van der Waals surface area contributed by atoms with Crippen molar-refractivity contribution < 1.29 is 9.35 Å². The van der Waals surface area contributed by atoms with Gasteiger partial charge in [-0.1, -0.05) is 48.5 Å². The van der Waals surface area contributed by atoms with Gasteiger partial charge in [-0.05, 0) is 41.5 Å². The summed E-state index contributed by atoms with van der Waals surface area (Å²) in [5.41, 5.74) is 3.30. The molecule has 7 nitrogen and oxygen atoms in total. The molecule has 1 atom stereocenters. The number of hydrogen-bond acceptors (Lipinski definition) is 5. The molecule has 2 aromatic heterocycles. The van der Waals surface area contributed by atoms with Crippen LogP contribution in [0.3, 0.4) is 0 Å². The van der Waals surface area contributed by atoms with Crippen LogP contribution in [0.4, 0.5) is 16.3 Å². The van der Waals surface area contributed by atoms with Gasteiger partial charge in [0, 0.05) is 24.5 Å². The maximum Gasteiger partial charge on any atom is 0.319 e. The van der Waals surface area contributed by atoms with E-state index in [-0.39, 0.29) is 6.03 Å². The SMILES string of the molecule is O=C(NCc1cccnc1)Nc1ccc(N[S+]([O-])c2ccccc2-c2ccccc2)nc1. The summed E-state index contributed by atoms with van der Waals surface area (Å²) in [6.07, 6.45) is 4.88. The Morgan fingerprint density at radius 1 is 0.906 bits per heavy atom. The standard InChI is InChI=1S/C24H21N5O2S/c30-24(27-16-18-7-6-14-25-15-18)28-20-12-13-23(26-17-20)29-32(31)22-11-5-4-10-21(22)19-8-2-1-3-9-19/h1-15,17H,16H2,(H,26,29)(H2,27,28,30). The predicted molar refractivity (Wildman–Crippen MR) is 126 cm³/mol. The summed E-state index contributed by atoms with van der Waals surface area (Å²) in [7, 11) is 0. The fourth-order valence-electron chi connectivity index (χ4n) is 3.02. The van der Waals surface area contributed by atoms with E-state index in [0.29, 0.717) is 22.9 Å². The van der Waals surface area contributed by atoms with Crippen LogP contribution >= 0.6 is 0 Å². The fraction of sp³-hybridized carbons (Fsp3) is 0.0417. The summed E-state index contributed by atoms with van der Waals surface area (Å²) in [6, 6.07) is 24.0. The van der Waals surface area contributed by atoms with Gasteiger partial charge in [-0.15, -0.1) is 0 Å². The average molecular weight is 444 g/mol. The molecule has 3 N–H and O–H groups in total. The van der Waals surface area contributed by atoms with Gasteiger partial charge in [-0.2, -0.15) is 4.72 Å². The van der Waals surface area contributed by atoms with Gasteiger partial charge in [0.1, 0.15) is 11.4 Å². The first-order valence-electron chi connectivity index (χ1n) is 9.92. The Labute approximate surface area is 189 Å². The highest BCUT2D eigenvalue weighted by molar-refractivity contribution is 7.92. The molecule has 0 spiro atoms. The maximum atomic E-state index is 13.0. The van der Waals surface area contributed by atoms with Gasteiger partial charge in [-0.3, -0.25) is 4.98 Å². The van der Waals surface area contributed by atoms with Crippen LogP contribution in [0.1, 0.15) is 5.56 Å². The summed E-state index contributed by atoms with van der Waals surface area (Å²) >= 11 is -1.51. The fourth-order valence-corrected chi connectivity index (χ4v) is 4.03. The van der Waals surface area contributed by atoms with Gasteiger partial charge in [0.2, 0.25) is 0 Å². The number of nitrogens with zero attached hydrogens (tertiary/aromatic N) is 2. The third-order valence-electron chi connectivity index (χ3n) is 4.57. The maximum absolute atomic E-state index is 13.0. The first-order valence-corrected chi connectivity index (χ1v) is 11.1. The highest BCUT2D eigenvalue weighted by Gasteiger charge is 2.18. The minimum Gasteiger partial charge on any atom is -0.588 e. The lowest BCUT2D eigenvalue weighted by atomic mass is 10.1. The van der Waals surface area contributed by atoms with E-state index in [2.05, 4.69) is 25.3 Å². The largest absolute Gasteiger partial charge is 0.588 e. The minimum atomic E-state index is -1.51. The third kappa shape index (κ3) is 5.63. The van der Waals surface area contributed by atoms with Crippen LogP contribution in [0.25, 0.3) is 11.1 Å². The normalized spacial score (nSPS) is 11.4. The monoisotopic (exact) mass is 443 g/mol. The number of hydrogen-bond donors (Lipinski definition) is 3. The van der Waals surface area contributed by atoms with Gasteiger partial charge in [0.15, 0.2) is 10.7 Å². The van der Waals surface area contributed by atoms with E-state index in [1.165, 1.54) is 6.20 Å². The Balaban J connectivity index is 1.36. The number of amides is 2. The number of rotatable bonds is 7. The molecular weight excluding hydrogens is 422 g/mol. The van der Waals surface area contributed by atoms with Crippen LogP contribution in [0, 0.1) is 0 Å². The molecule has 32 heavy (non-hydrogen) atoms. The Hall–Kier alpha value is -3.88. The molecule has 0 saturated heterocycles.